The summed E-state index contributed by atoms with van der Waals surface area (Å²) in [6.07, 6.45) is 3.04. The lowest BCUT2D eigenvalue weighted by molar-refractivity contribution is 0.229. The van der Waals surface area contributed by atoms with Crippen molar-refractivity contribution in [3.05, 3.63) is 60.3 Å². The summed E-state index contributed by atoms with van der Waals surface area (Å²) >= 11 is 0. The smallest absolute Gasteiger partial charge is 0.319 e. The van der Waals surface area contributed by atoms with E-state index in [2.05, 4.69) is 15.6 Å². The van der Waals surface area contributed by atoms with Gasteiger partial charge in [-0.3, -0.25) is 0 Å². The Balaban J connectivity index is 1.65. The maximum absolute atomic E-state index is 13.3. The van der Waals surface area contributed by atoms with Crippen LogP contribution < -0.4 is 21.1 Å². The number of pyridine rings is 1. The fourth-order valence-electron chi connectivity index (χ4n) is 2.99. The van der Waals surface area contributed by atoms with Crippen molar-refractivity contribution in [3.8, 4) is 5.75 Å². The van der Waals surface area contributed by atoms with Gasteiger partial charge in [0.15, 0.2) is 11.6 Å². The van der Waals surface area contributed by atoms with E-state index in [-0.39, 0.29) is 18.4 Å². The van der Waals surface area contributed by atoms with Crippen LogP contribution in [0.1, 0.15) is 19.8 Å². The number of hydrogen-bond acceptors (Lipinski definition) is 4. The molecule has 0 fully saturated rings. The summed E-state index contributed by atoms with van der Waals surface area (Å²) in [7, 11) is 0. The molecule has 0 unspecified atom stereocenters. The Hall–Kier alpha value is -3.42. The average molecular weight is 400 g/mol. The number of halogens is 2. The second kappa shape index (κ2) is 9.18. The van der Waals surface area contributed by atoms with Crippen LogP contribution in [-0.4, -0.2) is 23.7 Å². The third-order valence-corrected chi connectivity index (χ3v) is 4.40. The van der Waals surface area contributed by atoms with Gasteiger partial charge < -0.3 is 21.1 Å². The molecule has 0 radical (unpaired) electrons. The number of hydrogen-bond donors (Lipinski definition) is 3. The zero-order valence-corrected chi connectivity index (χ0v) is 15.9. The van der Waals surface area contributed by atoms with Gasteiger partial charge in [0.05, 0.1) is 11.7 Å². The van der Waals surface area contributed by atoms with Crippen LogP contribution in [0.4, 0.5) is 25.1 Å². The number of amides is 2. The second-order valence-corrected chi connectivity index (χ2v) is 6.57. The first-order valence-corrected chi connectivity index (χ1v) is 9.26. The molecule has 2 aromatic carbocycles. The SMILES string of the molecule is CCC[C@@H](COc1ccc(F)c(F)c1)NC(=O)Nc1cccc2c(N)nccc12. The molecule has 2 amide bonds. The molecule has 4 N–H and O–H groups in total. The predicted molar refractivity (Wildman–Crippen MR) is 109 cm³/mol. The van der Waals surface area contributed by atoms with E-state index in [1.165, 1.54) is 6.07 Å². The first-order valence-electron chi connectivity index (χ1n) is 9.26. The van der Waals surface area contributed by atoms with E-state index in [4.69, 9.17) is 10.5 Å². The van der Waals surface area contributed by atoms with Crippen LogP contribution in [0.15, 0.2) is 48.7 Å². The average Bonchev–Trinajstić information content (AvgIpc) is 2.69. The molecule has 3 aromatic rings. The van der Waals surface area contributed by atoms with Gasteiger partial charge in [0.25, 0.3) is 0 Å². The minimum atomic E-state index is -0.982. The number of anilines is 2. The highest BCUT2D eigenvalue weighted by Gasteiger charge is 2.14. The van der Waals surface area contributed by atoms with Crippen molar-refractivity contribution in [2.75, 3.05) is 17.7 Å². The summed E-state index contributed by atoms with van der Waals surface area (Å²) < 4.78 is 31.9. The van der Waals surface area contributed by atoms with Crippen LogP contribution in [0.25, 0.3) is 10.8 Å². The number of nitrogens with two attached hydrogens (primary N) is 1. The van der Waals surface area contributed by atoms with Crippen LogP contribution in [0, 0.1) is 11.6 Å². The van der Waals surface area contributed by atoms with Crippen LogP contribution in [-0.2, 0) is 0 Å². The third-order valence-electron chi connectivity index (χ3n) is 4.40. The molecule has 1 aromatic heterocycles. The number of nitrogen functional groups attached to an aromatic ring is 1. The summed E-state index contributed by atoms with van der Waals surface area (Å²) in [5.74, 6) is -1.34. The van der Waals surface area contributed by atoms with E-state index in [0.29, 0.717) is 17.9 Å². The Kier molecular flexibility index (Phi) is 6.43. The Bertz CT molecular complexity index is 1010. The van der Waals surface area contributed by atoms with E-state index >= 15 is 0 Å². The summed E-state index contributed by atoms with van der Waals surface area (Å²) in [4.78, 5) is 16.5. The summed E-state index contributed by atoms with van der Waals surface area (Å²) in [6.45, 7) is 2.10. The topological polar surface area (TPSA) is 89.3 Å². The highest BCUT2D eigenvalue weighted by Crippen LogP contribution is 2.26. The van der Waals surface area contributed by atoms with Gasteiger partial charge >= 0.3 is 6.03 Å². The van der Waals surface area contributed by atoms with Gasteiger partial charge in [-0.05, 0) is 30.7 Å². The number of nitrogens with zero attached hydrogens (tertiary/aromatic N) is 1. The van der Waals surface area contributed by atoms with Crippen molar-refractivity contribution in [2.45, 2.75) is 25.8 Å². The molecule has 0 aliphatic heterocycles. The van der Waals surface area contributed by atoms with Gasteiger partial charge in [0.1, 0.15) is 18.2 Å². The van der Waals surface area contributed by atoms with E-state index < -0.39 is 17.7 Å². The highest BCUT2D eigenvalue weighted by molar-refractivity contribution is 6.04. The minimum absolute atomic E-state index is 0.124. The molecule has 0 bridgehead atoms. The summed E-state index contributed by atoms with van der Waals surface area (Å²) in [6, 6.07) is 9.77. The zero-order chi connectivity index (χ0) is 20.8. The van der Waals surface area contributed by atoms with Crippen molar-refractivity contribution in [1.82, 2.24) is 10.3 Å². The molecule has 1 atom stereocenters. The predicted octanol–water partition coefficient (Wildman–Crippen LogP) is 4.46. The standard InChI is InChI=1S/C21H22F2N4O2/c1-2-4-13(12-29-14-7-8-17(22)18(23)11-14)26-21(28)27-19-6-3-5-16-15(19)9-10-25-20(16)24/h3,5-11,13H,2,4,12H2,1H3,(H2,24,25)(H2,26,27,28)/t13-/m0/s1. The molecule has 0 spiro atoms. The molecular weight excluding hydrogens is 378 g/mol. The van der Waals surface area contributed by atoms with Crippen LogP contribution in [0.5, 0.6) is 5.75 Å². The van der Waals surface area contributed by atoms with Crippen molar-refractivity contribution in [2.24, 2.45) is 0 Å². The summed E-state index contributed by atoms with van der Waals surface area (Å²) in [5.41, 5.74) is 6.49. The monoisotopic (exact) mass is 400 g/mol. The number of carbonyl (C=O) groups is 1. The number of nitrogens with one attached hydrogen (secondary N) is 2. The van der Waals surface area contributed by atoms with Gasteiger partial charge in [-0.2, -0.15) is 0 Å². The zero-order valence-electron chi connectivity index (χ0n) is 15.9. The van der Waals surface area contributed by atoms with E-state index in [1.807, 2.05) is 13.0 Å². The van der Waals surface area contributed by atoms with E-state index in [9.17, 15) is 13.6 Å². The fourth-order valence-corrected chi connectivity index (χ4v) is 2.99. The van der Waals surface area contributed by atoms with Crippen molar-refractivity contribution in [1.29, 1.82) is 0 Å². The molecule has 0 saturated carbocycles. The third kappa shape index (κ3) is 5.10. The largest absolute Gasteiger partial charge is 0.491 e. The second-order valence-electron chi connectivity index (χ2n) is 6.57. The molecule has 152 valence electrons. The number of aromatic nitrogens is 1. The lowest BCUT2D eigenvalue weighted by Gasteiger charge is -2.19. The first-order chi connectivity index (χ1) is 14.0. The van der Waals surface area contributed by atoms with Crippen LogP contribution in [0.2, 0.25) is 0 Å². The lowest BCUT2D eigenvalue weighted by atomic mass is 10.1. The Morgan fingerprint density at radius 2 is 2.00 bits per heavy atom. The van der Waals surface area contributed by atoms with E-state index in [1.54, 1.807) is 24.4 Å². The Labute approximate surface area is 167 Å². The number of rotatable bonds is 7. The van der Waals surface area contributed by atoms with Gasteiger partial charge in [-0.25, -0.2) is 18.6 Å². The maximum atomic E-state index is 13.3. The molecule has 0 aliphatic carbocycles. The molecular formula is C21H22F2N4O2. The van der Waals surface area contributed by atoms with Crippen molar-refractivity contribution < 1.29 is 18.3 Å². The molecule has 8 heteroatoms. The van der Waals surface area contributed by atoms with Crippen molar-refractivity contribution >= 4 is 28.3 Å². The normalized spacial score (nSPS) is 11.8. The maximum Gasteiger partial charge on any atom is 0.319 e. The van der Waals surface area contributed by atoms with E-state index in [0.717, 1.165) is 29.3 Å². The highest BCUT2D eigenvalue weighted by atomic mass is 19.2. The van der Waals surface area contributed by atoms with Crippen LogP contribution >= 0.6 is 0 Å². The Morgan fingerprint density at radius 3 is 2.76 bits per heavy atom. The molecule has 3 rings (SSSR count). The van der Waals surface area contributed by atoms with Gasteiger partial charge in [0.2, 0.25) is 0 Å². The lowest BCUT2D eigenvalue weighted by Crippen LogP contribution is -2.41. The Morgan fingerprint density at radius 1 is 1.17 bits per heavy atom. The van der Waals surface area contributed by atoms with Crippen molar-refractivity contribution in [3.63, 3.8) is 0 Å². The van der Waals surface area contributed by atoms with Gasteiger partial charge in [-0.15, -0.1) is 0 Å². The molecule has 1 heterocycles. The molecule has 0 saturated heterocycles. The fraction of sp³-hybridized carbons (Fsp3) is 0.238. The van der Waals surface area contributed by atoms with Gasteiger partial charge in [0, 0.05) is 23.0 Å². The number of benzene rings is 2. The number of ether oxygens (including phenoxy) is 1. The minimum Gasteiger partial charge on any atom is -0.491 e. The molecule has 29 heavy (non-hydrogen) atoms. The molecule has 0 aliphatic rings. The van der Waals surface area contributed by atoms with Gasteiger partial charge in [-0.1, -0.05) is 25.5 Å². The summed E-state index contributed by atoms with van der Waals surface area (Å²) in [5, 5.41) is 7.19. The quantitative estimate of drug-likeness (QED) is 0.546. The van der Waals surface area contributed by atoms with Crippen LogP contribution in [0.3, 0.4) is 0 Å². The first kappa shape index (κ1) is 20.3. The number of carbonyl (C=O) groups excluding carboxylic acids is 1. The number of urea groups is 1. The number of fused-ring (bicyclic) bond motifs is 1. The molecule has 6 nitrogen and oxygen atoms in total.